The summed E-state index contributed by atoms with van der Waals surface area (Å²) in [4.78, 5) is 14.5. The van der Waals surface area contributed by atoms with Crippen molar-refractivity contribution in [1.29, 1.82) is 0 Å². The second kappa shape index (κ2) is 6.57. The second-order valence-corrected chi connectivity index (χ2v) is 9.37. The molecule has 0 saturated heterocycles. The molecule has 7 nitrogen and oxygen atoms in total. The van der Waals surface area contributed by atoms with Crippen LogP contribution in [0, 0.1) is 0 Å². The van der Waals surface area contributed by atoms with E-state index in [1.54, 1.807) is 0 Å². The lowest BCUT2D eigenvalue weighted by atomic mass is 10.5. The van der Waals surface area contributed by atoms with Gasteiger partial charge >= 0.3 is 5.97 Å². The molecule has 0 atom stereocenters. The maximum Gasteiger partial charge on any atom is 0.356 e. The summed E-state index contributed by atoms with van der Waals surface area (Å²) in [6.07, 6.45) is 2.68. The Hall–Kier alpha value is -0.750. The van der Waals surface area contributed by atoms with Crippen molar-refractivity contribution < 1.29 is 18.3 Å². The predicted octanol–water partition coefficient (Wildman–Crippen LogP) is 2.15. The van der Waals surface area contributed by atoms with Gasteiger partial charge in [0.2, 0.25) is 10.0 Å². The highest BCUT2D eigenvalue weighted by molar-refractivity contribution is 9.12. The van der Waals surface area contributed by atoms with E-state index in [-0.39, 0.29) is 23.7 Å². The van der Waals surface area contributed by atoms with Crippen LogP contribution in [0.4, 0.5) is 0 Å². The Morgan fingerprint density at radius 3 is 2.71 bits per heavy atom. The molecule has 11 heteroatoms. The van der Waals surface area contributed by atoms with Crippen molar-refractivity contribution in [3.8, 4) is 0 Å². The summed E-state index contributed by atoms with van der Waals surface area (Å²) in [6, 6.07) is 1.51. The summed E-state index contributed by atoms with van der Waals surface area (Å²) < 4.78 is 29.4. The van der Waals surface area contributed by atoms with E-state index < -0.39 is 16.0 Å². The van der Waals surface area contributed by atoms with Crippen LogP contribution >= 0.6 is 43.2 Å². The average molecular weight is 459 g/mol. The van der Waals surface area contributed by atoms with Gasteiger partial charge in [0.1, 0.15) is 4.90 Å². The molecule has 2 N–H and O–H groups in total. The van der Waals surface area contributed by atoms with Gasteiger partial charge in [-0.1, -0.05) is 0 Å². The Balaban J connectivity index is 1.99. The van der Waals surface area contributed by atoms with Crippen molar-refractivity contribution in [2.75, 3.05) is 6.54 Å². The van der Waals surface area contributed by atoms with Crippen LogP contribution < -0.4 is 4.72 Å². The van der Waals surface area contributed by atoms with Gasteiger partial charge in [-0.3, -0.25) is 0 Å². The maximum absolute atomic E-state index is 12.1. The number of carbonyl (C=O) groups is 1. The van der Waals surface area contributed by atoms with Crippen LogP contribution in [0.3, 0.4) is 0 Å². The first-order chi connectivity index (χ1) is 9.79. The van der Waals surface area contributed by atoms with Crippen molar-refractivity contribution in [3.63, 3.8) is 0 Å². The summed E-state index contributed by atoms with van der Waals surface area (Å²) in [7, 11) is -3.62. The summed E-state index contributed by atoms with van der Waals surface area (Å²) in [6.45, 7) is 0.403. The molecule has 0 aromatic carbocycles. The molecule has 0 amide bonds. The van der Waals surface area contributed by atoms with Gasteiger partial charge in [0, 0.05) is 19.3 Å². The van der Waals surface area contributed by atoms with Crippen molar-refractivity contribution in [2.45, 2.75) is 11.4 Å². The number of thiophene rings is 1. The van der Waals surface area contributed by atoms with E-state index in [4.69, 9.17) is 5.11 Å². The molecule has 0 saturated carbocycles. The molecule has 21 heavy (non-hydrogen) atoms. The molecule has 0 spiro atoms. The Morgan fingerprint density at radius 2 is 2.19 bits per heavy atom. The minimum absolute atomic E-state index is 0.0811. The molecule has 2 rings (SSSR count). The topological polar surface area (TPSA) is 101 Å². The number of aromatic carboxylic acids is 1. The molecule has 0 aliphatic heterocycles. The first-order valence-corrected chi connectivity index (χ1v) is 9.38. The number of hydrogen-bond acceptors (Lipinski definition) is 5. The van der Waals surface area contributed by atoms with Crippen molar-refractivity contribution in [2.24, 2.45) is 0 Å². The highest BCUT2D eigenvalue weighted by Gasteiger charge is 2.20. The summed E-state index contributed by atoms with van der Waals surface area (Å²) in [5.74, 6) is -1.12. The summed E-state index contributed by atoms with van der Waals surface area (Å²) >= 11 is 7.69. The fourth-order valence-electron chi connectivity index (χ4n) is 1.49. The molecule has 0 fully saturated rings. The molecule has 0 unspecified atom stereocenters. The van der Waals surface area contributed by atoms with Crippen LogP contribution in [0.2, 0.25) is 0 Å². The van der Waals surface area contributed by atoms with Crippen LogP contribution in [0.1, 0.15) is 10.5 Å². The van der Waals surface area contributed by atoms with E-state index in [9.17, 15) is 13.2 Å². The number of carboxylic acid groups (broad SMARTS) is 1. The smallest absolute Gasteiger partial charge is 0.356 e. The minimum atomic E-state index is -3.62. The monoisotopic (exact) mass is 457 g/mol. The molecule has 2 aromatic rings. The zero-order valence-electron chi connectivity index (χ0n) is 10.3. The van der Waals surface area contributed by atoms with Gasteiger partial charge in [0.25, 0.3) is 0 Å². The molecule has 0 aliphatic carbocycles. The Labute approximate surface area is 141 Å². The number of hydrogen-bond donors (Lipinski definition) is 2. The van der Waals surface area contributed by atoms with Crippen molar-refractivity contribution in [3.05, 3.63) is 31.9 Å². The molecule has 0 radical (unpaired) electrons. The number of carboxylic acids is 1. The Bertz CT molecular complexity index is 769. The molecular weight excluding hydrogens is 450 g/mol. The largest absolute Gasteiger partial charge is 0.476 e. The second-order valence-electron chi connectivity index (χ2n) is 3.89. The van der Waals surface area contributed by atoms with E-state index in [0.29, 0.717) is 7.57 Å². The normalized spacial score (nSPS) is 11.7. The van der Waals surface area contributed by atoms with Crippen LogP contribution in [0.15, 0.2) is 31.1 Å². The molecule has 114 valence electrons. The zero-order valence-corrected chi connectivity index (χ0v) is 15.1. The predicted molar refractivity (Wildman–Crippen MR) is 84.1 cm³/mol. The Morgan fingerprint density at radius 1 is 1.48 bits per heavy atom. The van der Waals surface area contributed by atoms with Crippen LogP contribution in [0.5, 0.6) is 0 Å². The molecular formula is C10H9Br2N3O4S2. The van der Waals surface area contributed by atoms with Crippen molar-refractivity contribution in [1.82, 2.24) is 14.3 Å². The first-order valence-electron chi connectivity index (χ1n) is 5.49. The molecule has 2 heterocycles. The van der Waals surface area contributed by atoms with E-state index in [1.165, 1.54) is 34.5 Å². The standard InChI is InChI=1S/C10H9Br2N3O4S2/c11-8-3-7(9(12)20-8)21(18,19)14-1-2-15-4-6(10(16)17)13-5-15/h3-5,14H,1-2H2,(H,16,17). The lowest BCUT2D eigenvalue weighted by molar-refractivity contribution is 0.0691. The van der Waals surface area contributed by atoms with E-state index in [0.717, 1.165) is 0 Å². The molecule has 0 bridgehead atoms. The van der Waals surface area contributed by atoms with Crippen LogP contribution in [-0.4, -0.2) is 35.6 Å². The highest BCUT2D eigenvalue weighted by atomic mass is 79.9. The van der Waals surface area contributed by atoms with Crippen molar-refractivity contribution >= 4 is 59.2 Å². The number of nitrogens with zero attached hydrogens (tertiary/aromatic N) is 2. The van der Waals surface area contributed by atoms with Crippen LogP contribution in [0.25, 0.3) is 0 Å². The minimum Gasteiger partial charge on any atom is -0.476 e. The van der Waals surface area contributed by atoms with Gasteiger partial charge in [-0.2, -0.15) is 0 Å². The fraction of sp³-hybridized carbons (Fsp3) is 0.200. The fourth-order valence-corrected chi connectivity index (χ4v) is 6.32. The van der Waals surface area contributed by atoms with E-state index >= 15 is 0 Å². The maximum atomic E-state index is 12.1. The number of imidazole rings is 1. The van der Waals surface area contributed by atoms with Gasteiger partial charge in [-0.05, 0) is 37.9 Å². The zero-order chi connectivity index (χ0) is 15.6. The number of rotatable bonds is 6. The van der Waals surface area contributed by atoms with E-state index in [1.807, 2.05) is 0 Å². The molecule has 0 aliphatic rings. The summed E-state index contributed by atoms with van der Waals surface area (Å²) in [5, 5.41) is 8.74. The summed E-state index contributed by atoms with van der Waals surface area (Å²) in [5.41, 5.74) is -0.0811. The highest BCUT2D eigenvalue weighted by Crippen LogP contribution is 2.34. The van der Waals surface area contributed by atoms with Gasteiger partial charge in [-0.15, -0.1) is 11.3 Å². The van der Waals surface area contributed by atoms with Gasteiger partial charge in [0.15, 0.2) is 5.69 Å². The third kappa shape index (κ3) is 4.13. The number of aromatic nitrogens is 2. The quantitative estimate of drug-likeness (QED) is 0.690. The van der Waals surface area contributed by atoms with Gasteiger partial charge in [-0.25, -0.2) is 22.9 Å². The van der Waals surface area contributed by atoms with Gasteiger partial charge in [0.05, 0.1) is 13.9 Å². The number of sulfonamides is 1. The first kappa shape index (κ1) is 16.6. The van der Waals surface area contributed by atoms with E-state index in [2.05, 4.69) is 41.6 Å². The Kier molecular flexibility index (Phi) is 5.20. The van der Waals surface area contributed by atoms with Crippen LogP contribution in [-0.2, 0) is 16.6 Å². The third-order valence-electron chi connectivity index (χ3n) is 2.43. The SMILES string of the molecule is O=C(O)c1cn(CCNS(=O)(=O)c2cc(Br)sc2Br)cn1. The molecule has 2 aromatic heterocycles. The number of nitrogens with one attached hydrogen (secondary N) is 1. The third-order valence-corrected chi connectivity index (χ3v) is 6.65. The van der Waals surface area contributed by atoms with Gasteiger partial charge < -0.3 is 9.67 Å². The lowest BCUT2D eigenvalue weighted by Gasteiger charge is -2.06. The lowest BCUT2D eigenvalue weighted by Crippen LogP contribution is -2.27. The number of halogens is 2. The average Bonchev–Trinajstić information content (AvgIpc) is 2.96.